The number of halogens is 1. The Morgan fingerprint density at radius 1 is 1.40 bits per heavy atom. The van der Waals surface area contributed by atoms with Gasteiger partial charge in [0.15, 0.2) is 0 Å². The monoisotopic (exact) mass is 338 g/mol. The zero-order chi connectivity index (χ0) is 14.5. The molecule has 0 aliphatic carbocycles. The molecule has 0 aliphatic heterocycles. The summed E-state index contributed by atoms with van der Waals surface area (Å²) in [5, 5.41) is 15.5. The molecule has 0 spiro atoms. The van der Waals surface area contributed by atoms with E-state index >= 15 is 0 Å². The number of nitrogens with one attached hydrogen (secondary N) is 1. The second-order valence-electron chi connectivity index (χ2n) is 3.95. The average molecular weight is 339 g/mol. The van der Waals surface area contributed by atoms with Crippen molar-refractivity contribution in [3.63, 3.8) is 0 Å². The molecule has 2 N–H and O–H groups in total. The van der Waals surface area contributed by atoms with Gasteiger partial charge in [0.05, 0.1) is 17.8 Å². The van der Waals surface area contributed by atoms with Gasteiger partial charge in [0.2, 0.25) is 5.91 Å². The molecule has 8 heteroatoms. The number of amides is 1. The van der Waals surface area contributed by atoms with Crippen LogP contribution in [0.4, 0.5) is 5.69 Å². The summed E-state index contributed by atoms with van der Waals surface area (Å²) in [6, 6.07) is 4.65. The number of carbonyl (C=O) groups excluding carboxylic acids is 1. The fourth-order valence-electron chi connectivity index (χ4n) is 1.58. The average Bonchev–Trinajstić information content (AvgIpc) is 2.91. The number of carboxylic acid groups (broad SMARTS) is 1. The lowest BCUT2D eigenvalue weighted by atomic mass is 10.2. The minimum Gasteiger partial charge on any atom is -0.478 e. The van der Waals surface area contributed by atoms with Crippen molar-refractivity contribution >= 4 is 33.5 Å². The SMILES string of the molecule is O=C(CCn1cncn1)Nc1ccc(Br)cc1C(=O)O. The normalized spacial score (nSPS) is 10.2. The van der Waals surface area contributed by atoms with E-state index in [4.69, 9.17) is 5.11 Å². The van der Waals surface area contributed by atoms with Crippen LogP contribution < -0.4 is 5.32 Å². The highest BCUT2D eigenvalue weighted by atomic mass is 79.9. The third-order valence-corrected chi connectivity index (χ3v) is 3.01. The molecule has 0 unspecified atom stereocenters. The largest absolute Gasteiger partial charge is 0.478 e. The van der Waals surface area contributed by atoms with Crippen LogP contribution >= 0.6 is 15.9 Å². The Morgan fingerprint density at radius 2 is 2.20 bits per heavy atom. The first-order valence-electron chi connectivity index (χ1n) is 5.71. The van der Waals surface area contributed by atoms with Gasteiger partial charge in [-0.2, -0.15) is 5.10 Å². The number of nitrogens with zero attached hydrogens (tertiary/aromatic N) is 3. The molecule has 0 radical (unpaired) electrons. The predicted octanol–water partition coefficient (Wildman–Crippen LogP) is 1.77. The van der Waals surface area contributed by atoms with Crippen LogP contribution in [0.25, 0.3) is 0 Å². The van der Waals surface area contributed by atoms with E-state index in [2.05, 4.69) is 31.3 Å². The third kappa shape index (κ3) is 3.64. The molecule has 0 aliphatic rings. The van der Waals surface area contributed by atoms with Crippen LogP contribution in [0, 0.1) is 0 Å². The number of rotatable bonds is 5. The van der Waals surface area contributed by atoms with Gasteiger partial charge in [-0.25, -0.2) is 9.78 Å². The van der Waals surface area contributed by atoms with E-state index in [1.807, 2.05) is 0 Å². The molecule has 20 heavy (non-hydrogen) atoms. The Kier molecular flexibility index (Phi) is 4.46. The van der Waals surface area contributed by atoms with Crippen molar-refractivity contribution < 1.29 is 14.7 Å². The molecule has 1 aromatic carbocycles. The highest BCUT2D eigenvalue weighted by molar-refractivity contribution is 9.10. The number of hydrogen-bond acceptors (Lipinski definition) is 4. The highest BCUT2D eigenvalue weighted by Crippen LogP contribution is 2.21. The van der Waals surface area contributed by atoms with Crippen LogP contribution in [-0.4, -0.2) is 31.7 Å². The summed E-state index contributed by atoms with van der Waals surface area (Å²) < 4.78 is 2.16. The van der Waals surface area contributed by atoms with E-state index in [0.29, 0.717) is 11.0 Å². The van der Waals surface area contributed by atoms with Crippen LogP contribution in [0.2, 0.25) is 0 Å². The minimum absolute atomic E-state index is 0.0356. The Bertz CT molecular complexity index is 628. The first-order valence-corrected chi connectivity index (χ1v) is 6.50. The topological polar surface area (TPSA) is 97.1 Å². The smallest absolute Gasteiger partial charge is 0.337 e. The first-order chi connectivity index (χ1) is 9.56. The molecule has 1 aromatic heterocycles. The molecule has 0 fully saturated rings. The number of aryl methyl sites for hydroxylation is 1. The molecule has 2 rings (SSSR count). The van der Waals surface area contributed by atoms with E-state index in [9.17, 15) is 9.59 Å². The van der Waals surface area contributed by atoms with Crippen LogP contribution in [0.1, 0.15) is 16.8 Å². The fraction of sp³-hybridized carbons (Fsp3) is 0.167. The van der Waals surface area contributed by atoms with Gasteiger partial charge in [0.1, 0.15) is 12.7 Å². The maximum Gasteiger partial charge on any atom is 0.337 e. The fourth-order valence-corrected chi connectivity index (χ4v) is 1.94. The zero-order valence-electron chi connectivity index (χ0n) is 10.3. The van der Waals surface area contributed by atoms with Gasteiger partial charge < -0.3 is 10.4 Å². The maximum atomic E-state index is 11.8. The summed E-state index contributed by atoms with van der Waals surface area (Å²) in [6.07, 6.45) is 3.07. The molecular weight excluding hydrogens is 328 g/mol. The molecule has 0 saturated carbocycles. The second kappa shape index (κ2) is 6.29. The van der Waals surface area contributed by atoms with Gasteiger partial charge >= 0.3 is 5.97 Å². The molecule has 104 valence electrons. The Labute approximate surface area is 122 Å². The van der Waals surface area contributed by atoms with E-state index in [1.54, 1.807) is 12.1 Å². The Morgan fingerprint density at radius 3 is 2.85 bits per heavy atom. The lowest BCUT2D eigenvalue weighted by Gasteiger charge is -2.09. The van der Waals surface area contributed by atoms with E-state index in [1.165, 1.54) is 23.4 Å². The lowest BCUT2D eigenvalue weighted by Crippen LogP contribution is -2.16. The number of benzene rings is 1. The third-order valence-electron chi connectivity index (χ3n) is 2.52. The number of anilines is 1. The van der Waals surface area contributed by atoms with Crippen LogP contribution in [0.3, 0.4) is 0 Å². The predicted molar refractivity (Wildman–Crippen MR) is 74.4 cm³/mol. The van der Waals surface area contributed by atoms with Crippen molar-refractivity contribution in [2.75, 3.05) is 5.32 Å². The summed E-state index contributed by atoms with van der Waals surface area (Å²) in [5.74, 6) is -1.39. The quantitative estimate of drug-likeness (QED) is 0.865. The summed E-state index contributed by atoms with van der Waals surface area (Å²) in [6.45, 7) is 0.380. The number of carboxylic acids is 1. The van der Waals surface area contributed by atoms with Crippen molar-refractivity contribution in [2.45, 2.75) is 13.0 Å². The Hall–Kier alpha value is -2.22. The van der Waals surface area contributed by atoms with Gasteiger partial charge in [-0.3, -0.25) is 9.48 Å². The van der Waals surface area contributed by atoms with Crippen molar-refractivity contribution in [3.05, 3.63) is 40.9 Å². The summed E-state index contributed by atoms with van der Waals surface area (Å²) >= 11 is 3.19. The van der Waals surface area contributed by atoms with Crippen LogP contribution in [-0.2, 0) is 11.3 Å². The summed E-state index contributed by atoms with van der Waals surface area (Å²) in [4.78, 5) is 26.7. The second-order valence-corrected chi connectivity index (χ2v) is 4.87. The number of hydrogen-bond donors (Lipinski definition) is 2. The van der Waals surface area contributed by atoms with Crippen molar-refractivity contribution in [2.24, 2.45) is 0 Å². The molecule has 0 saturated heterocycles. The van der Waals surface area contributed by atoms with E-state index in [-0.39, 0.29) is 23.6 Å². The van der Waals surface area contributed by atoms with Crippen LogP contribution in [0.15, 0.2) is 35.3 Å². The van der Waals surface area contributed by atoms with Gasteiger partial charge in [0, 0.05) is 10.9 Å². The summed E-state index contributed by atoms with van der Waals surface area (Å²) in [5.41, 5.74) is 0.303. The van der Waals surface area contributed by atoms with Crippen molar-refractivity contribution in [1.29, 1.82) is 0 Å². The zero-order valence-corrected chi connectivity index (χ0v) is 11.9. The van der Waals surface area contributed by atoms with Gasteiger partial charge in [-0.05, 0) is 18.2 Å². The molecule has 0 bridgehead atoms. The molecule has 1 heterocycles. The molecule has 0 atom stereocenters. The minimum atomic E-state index is -1.10. The number of aromatic nitrogens is 3. The number of aromatic carboxylic acids is 1. The number of carbonyl (C=O) groups is 2. The standard InChI is InChI=1S/C12H11BrN4O3/c13-8-1-2-10(9(5-8)12(19)20)16-11(18)3-4-17-7-14-6-15-17/h1-2,5-7H,3-4H2,(H,16,18)(H,19,20). The molecule has 2 aromatic rings. The lowest BCUT2D eigenvalue weighted by molar-refractivity contribution is -0.116. The molecule has 1 amide bonds. The van der Waals surface area contributed by atoms with Gasteiger partial charge in [-0.15, -0.1) is 0 Å². The highest BCUT2D eigenvalue weighted by Gasteiger charge is 2.13. The van der Waals surface area contributed by atoms with Gasteiger partial charge in [-0.1, -0.05) is 15.9 Å². The van der Waals surface area contributed by atoms with Crippen molar-refractivity contribution in [3.8, 4) is 0 Å². The van der Waals surface area contributed by atoms with Gasteiger partial charge in [0.25, 0.3) is 0 Å². The van der Waals surface area contributed by atoms with E-state index in [0.717, 1.165) is 0 Å². The molecular formula is C12H11BrN4O3. The Balaban J connectivity index is 2.02. The van der Waals surface area contributed by atoms with Crippen molar-refractivity contribution in [1.82, 2.24) is 14.8 Å². The first kappa shape index (κ1) is 14.2. The van der Waals surface area contributed by atoms with E-state index < -0.39 is 5.97 Å². The maximum absolute atomic E-state index is 11.8. The molecule has 7 nitrogen and oxygen atoms in total. The summed E-state index contributed by atoms with van der Waals surface area (Å²) in [7, 11) is 0. The van der Waals surface area contributed by atoms with Crippen LogP contribution in [0.5, 0.6) is 0 Å².